The number of halogens is 2. The lowest BCUT2D eigenvalue weighted by atomic mass is 10.2. The van der Waals surface area contributed by atoms with E-state index < -0.39 is 0 Å². The van der Waals surface area contributed by atoms with Crippen molar-refractivity contribution in [2.24, 2.45) is 0 Å². The van der Waals surface area contributed by atoms with E-state index in [1.807, 2.05) is 6.07 Å². The van der Waals surface area contributed by atoms with Gasteiger partial charge in [-0.05, 0) is 44.4 Å². The van der Waals surface area contributed by atoms with Gasteiger partial charge >= 0.3 is 0 Å². The molecule has 1 aliphatic rings. The van der Waals surface area contributed by atoms with E-state index in [0.29, 0.717) is 15.9 Å². The summed E-state index contributed by atoms with van der Waals surface area (Å²) >= 11 is 12.3. The van der Waals surface area contributed by atoms with Gasteiger partial charge in [-0.1, -0.05) is 23.2 Å². The van der Waals surface area contributed by atoms with Crippen LogP contribution in [-0.2, 0) is 12.8 Å². The highest BCUT2D eigenvalue weighted by Crippen LogP contribution is 2.33. The number of anilines is 1. The molecule has 0 atom stereocenters. The SMILES string of the molecule is CCNc1nc(-c2cc(Cl)ccc2Cl)nc2c1CCC2. The normalized spacial score (nSPS) is 13.3. The van der Waals surface area contributed by atoms with Gasteiger partial charge in [0.25, 0.3) is 0 Å². The predicted octanol–water partition coefficient (Wildman–Crippen LogP) is 4.37. The Balaban J connectivity index is 2.14. The maximum atomic E-state index is 6.25. The quantitative estimate of drug-likeness (QED) is 0.915. The molecular formula is C15H15Cl2N3. The molecule has 1 N–H and O–H groups in total. The molecule has 20 heavy (non-hydrogen) atoms. The number of benzene rings is 1. The van der Waals surface area contributed by atoms with Crippen LogP contribution in [-0.4, -0.2) is 16.5 Å². The number of rotatable bonds is 3. The van der Waals surface area contributed by atoms with Gasteiger partial charge in [-0.25, -0.2) is 9.97 Å². The summed E-state index contributed by atoms with van der Waals surface area (Å²) in [5.74, 6) is 1.58. The lowest BCUT2D eigenvalue weighted by Crippen LogP contribution is -2.06. The lowest BCUT2D eigenvalue weighted by molar-refractivity contribution is 0.900. The number of nitrogens with one attached hydrogen (secondary N) is 1. The van der Waals surface area contributed by atoms with E-state index in [-0.39, 0.29) is 0 Å². The minimum absolute atomic E-state index is 0.620. The van der Waals surface area contributed by atoms with Crippen LogP contribution in [0, 0.1) is 0 Å². The lowest BCUT2D eigenvalue weighted by Gasteiger charge is -2.12. The van der Waals surface area contributed by atoms with E-state index in [2.05, 4.69) is 22.2 Å². The predicted molar refractivity (Wildman–Crippen MR) is 83.7 cm³/mol. The topological polar surface area (TPSA) is 37.8 Å². The average Bonchev–Trinajstić information content (AvgIpc) is 2.90. The van der Waals surface area contributed by atoms with Crippen molar-refractivity contribution in [3.05, 3.63) is 39.5 Å². The van der Waals surface area contributed by atoms with Gasteiger partial charge in [-0.2, -0.15) is 0 Å². The van der Waals surface area contributed by atoms with Crippen molar-refractivity contribution in [3.8, 4) is 11.4 Å². The smallest absolute Gasteiger partial charge is 0.163 e. The van der Waals surface area contributed by atoms with Gasteiger partial charge in [0.15, 0.2) is 5.82 Å². The van der Waals surface area contributed by atoms with E-state index in [1.54, 1.807) is 12.1 Å². The molecule has 1 aromatic heterocycles. The van der Waals surface area contributed by atoms with Gasteiger partial charge in [0.1, 0.15) is 5.82 Å². The Bertz CT molecular complexity index is 656. The number of nitrogens with zero attached hydrogens (tertiary/aromatic N) is 2. The van der Waals surface area contributed by atoms with Gasteiger partial charge in [0.2, 0.25) is 0 Å². The Labute approximate surface area is 128 Å². The molecule has 0 spiro atoms. The molecule has 1 aliphatic carbocycles. The van der Waals surface area contributed by atoms with Crippen LogP contribution >= 0.6 is 23.2 Å². The third-order valence-corrected chi connectivity index (χ3v) is 4.01. The molecule has 104 valence electrons. The van der Waals surface area contributed by atoms with Crippen molar-refractivity contribution in [1.29, 1.82) is 0 Å². The van der Waals surface area contributed by atoms with Crippen LogP contribution in [0.25, 0.3) is 11.4 Å². The van der Waals surface area contributed by atoms with Crippen LogP contribution < -0.4 is 5.32 Å². The summed E-state index contributed by atoms with van der Waals surface area (Å²) in [7, 11) is 0. The fourth-order valence-electron chi connectivity index (χ4n) is 2.54. The van der Waals surface area contributed by atoms with Crippen LogP contribution in [0.5, 0.6) is 0 Å². The molecular weight excluding hydrogens is 293 g/mol. The highest BCUT2D eigenvalue weighted by Gasteiger charge is 2.20. The second-order valence-electron chi connectivity index (χ2n) is 4.83. The molecule has 0 radical (unpaired) electrons. The maximum Gasteiger partial charge on any atom is 0.163 e. The minimum Gasteiger partial charge on any atom is -0.370 e. The van der Waals surface area contributed by atoms with Crippen molar-refractivity contribution < 1.29 is 0 Å². The zero-order valence-electron chi connectivity index (χ0n) is 11.2. The Morgan fingerprint density at radius 3 is 2.85 bits per heavy atom. The molecule has 3 rings (SSSR count). The Morgan fingerprint density at radius 1 is 1.20 bits per heavy atom. The highest BCUT2D eigenvalue weighted by molar-refractivity contribution is 6.35. The summed E-state index contributed by atoms with van der Waals surface area (Å²) in [5.41, 5.74) is 3.16. The standard InChI is InChI=1S/C15H15Cl2N3/c1-2-18-14-10-4-3-5-13(10)19-15(20-14)11-8-9(16)6-7-12(11)17/h6-8H,2-5H2,1H3,(H,18,19,20). The summed E-state index contributed by atoms with van der Waals surface area (Å²) in [6.07, 6.45) is 3.18. The third-order valence-electron chi connectivity index (χ3n) is 3.45. The first-order valence-corrected chi connectivity index (χ1v) is 7.53. The second kappa shape index (κ2) is 5.58. The number of aromatic nitrogens is 2. The summed E-state index contributed by atoms with van der Waals surface area (Å²) in [6, 6.07) is 5.37. The van der Waals surface area contributed by atoms with Gasteiger partial charge in [0.05, 0.1) is 5.02 Å². The Kier molecular flexibility index (Phi) is 3.81. The molecule has 0 saturated carbocycles. The molecule has 3 nitrogen and oxygen atoms in total. The molecule has 0 unspecified atom stereocenters. The minimum atomic E-state index is 0.620. The van der Waals surface area contributed by atoms with Crippen LogP contribution in [0.1, 0.15) is 24.6 Å². The summed E-state index contributed by atoms with van der Waals surface area (Å²) < 4.78 is 0. The molecule has 1 heterocycles. The van der Waals surface area contributed by atoms with Crippen molar-refractivity contribution in [3.63, 3.8) is 0 Å². The summed E-state index contributed by atoms with van der Waals surface area (Å²) in [6.45, 7) is 2.90. The van der Waals surface area contributed by atoms with E-state index in [0.717, 1.165) is 42.9 Å². The summed E-state index contributed by atoms with van der Waals surface area (Å²) in [5, 5.41) is 4.58. The van der Waals surface area contributed by atoms with E-state index in [4.69, 9.17) is 23.2 Å². The molecule has 0 bridgehead atoms. The molecule has 0 fully saturated rings. The van der Waals surface area contributed by atoms with Crippen molar-refractivity contribution in [2.45, 2.75) is 26.2 Å². The van der Waals surface area contributed by atoms with Crippen LogP contribution in [0.4, 0.5) is 5.82 Å². The first-order chi connectivity index (χ1) is 9.69. The maximum absolute atomic E-state index is 6.25. The Hall–Kier alpha value is -1.32. The molecule has 0 saturated heterocycles. The van der Waals surface area contributed by atoms with E-state index >= 15 is 0 Å². The first kappa shape index (κ1) is 13.7. The number of hydrogen-bond donors (Lipinski definition) is 1. The monoisotopic (exact) mass is 307 g/mol. The van der Waals surface area contributed by atoms with E-state index in [9.17, 15) is 0 Å². The second-order valence-corrected chi connectivity index (χ2v) is 5.67. The number of aryl methyl sites for hydroxylation is 1. The fourth-order valence-corrected chi connectivity index (χ4v) is 2.91. The van der Waals surface area contributed by atoms with Crippen molar-refractivity contribution >= 4 is 29.0 Å². The summed E-state index contributed by atoms with van der Waals surface area (Å²) in [4.78, 5) is 9.32. The molecule has 1 aromatic carbocycles. The van der Waals surface area contributed by atoms with Crippen molar-refractivity contribution in [2.75, 3.05) is 11.9 Å². The highest BCUT2D eigenvalue weighted by atomic mass is 35.5. The molecule has 0 amide bonds. The van der Waals surface area contributed by atoms with Gasteiger partial charge < -0.3 is 5.32 Å². The van der Waals surface area contributed by atoms with Crippen molar-refractivity contribution in [1.82, 2.24) is 9.97 Å². The molecule has 2 aromatic rings. The van der Waals surface area contributed by atoms with Crippen LogP contribution in [0.15, 0.2) is 18.2 Å². The zero-order chi connectivity index (χ0) is 14.1. The fraction of sp³-hybridized carbons (Fsp3) is 0.333. The zero-order valence-corrected chi connectivity index (χ0v) is 12.7. The first-order valence-electron chi connectivity index (χ1n) is 6.78. The largest absolute Gasteiger partial charge is 0.370 e. The molecule has 5 heteroatoms. The van der Waals surface area contributed by atoms with Gasteiger partial charge in [-0.15, -0.1) is 0 Å². The van der Waals surface area contributed by atoms with Gasteiger partial charge in [0, 0.05) is 28.4 Å². The van der Waals surface area contributed by atoms with Crippen LogP contribution in [0.3, 0.4) is 0 Å². The van der Waals surface area contributed by atoms with Gasteiger partial charge in [-0.3, -0.25) is 0 Å². The average molecular weight is 308 g/mol. The number of fused-ring (bicyclic) bond motifs is 1. The van der Waals surface area contributed by atoms with Crippen LogP contribution in [0.2, 0.25) is 10.0 Å². The molecule has 0 aliphatic heterocycles. The Morgan fingerprint density at radius 2 is 2.05 bits per heavy atom. The number of hydrogen-bond acceptors (Lipinski definition) is 3. The van der Waals surface area contributed by atoms with E-state index in [1.165, 1.54) is 5.56 Å². The third kappa shape index (κ3) is 2.48.